The summed E-state index contributed by atoms with van der Waals surface area (Å²) in [5.41, 5.74) is 0.845. The fourth-order valence-electron chi connectivity index (χ4n) is 2.80. The Kier molecular flexibility index (Phi) is 7.39. The van der Waals surface area contributed by atoms with E-state index in [4.69, 9.17) is 9.47 Å². The minimum atomic E-state index is -0.521. The van der Waals surface area contributed by atoms with Gasteiger partial charge in [0.2, 0.25) is 0 Å². The SMILES string of the molecule is CCOC(=O)/C=C/c1cnc(N2CCN(C(=O)OC(C)(C)C)CC2)c(CO)c1. The Morgan fingerprint density at radius 2 is 1.93 bits per heavy atom. The van der Waals surface area contributed by atoms with E-state index in [-0.39, 0.29) is 12.7 Å². The Bertz CT molecular complexity index is 719. The number of carbonyl (C=O) groups excluding carboxylic acids is 2. The van der Waals surface area contributed by atoms with E-state index in [9.17, 15) is 14.7 Å². The number of hydrogen-bond donors (Lipinski definition) is 1. The third-order valence-electron chi connectivity index (χ3n) is 4.06. The standard InChI is InChI=1S/C20H29N3O5/c1-5-27-17(25)7-6-15-12-16(14-24)18(21-13-15)22-8-10-23(11-9-22)19(26)28-20(2,3)4/h6-7,12-13,24H,5,8-11,14H2,1-4H3/b7-6+. The van der Waals surface area contributed by atoms with Crippen LogP contribution in [0.4, 0.5) is 10.6 Å². The number of aliphatic hydroxyl groups is 1. The second kappa shape index (κ2) is 9.54. The van der Waals surface area contributed by atoms with Crippen LogP contribution in [0, 0.1) is 0 Å². The summed E-state index contributed by atoms with van der Waals surface area (Å²) in [6.45, 7) is 9.65. The molecule has 0 atom stereocenters. The van der Waals surface area contributed by atoms with Gasteiger partial charge in [0.15, 0.2) is 0 Å². The highest BCUT2D eigenvalue weighted by molar-refractivity contribution is 5.87. The van der Waals surface area contributed by atoms with Crippen molar-refractivity contribution in [2.45, 2.75) is 39.9 Å². The zero-order valence-electron chi connectivity index (χ0n) is 17.0. The lowest BCUT2D eigenvalue weighted by atomic mass is 10.1. The van der Waals surface area contributed by atoms with Crippen LogP contribution in [0.25, 0.3) is 6.08 Å². The first-order chi connectivity index (χ1) is 13.2. The molecule has 1 aromatic heterocycles. The molecule has 1 N–H and O–H groups in total. The van der Waals surface area contributed by atoms with E-state index in [1.807, 2.05) is 25.7 Å². The molecule has 1 saturated heterocycles. The summed E-state index contributed by atoms with van der Waals surface area (Å²) in [4.78, 5) is 31.8. The summed E-state index contributed by atoms with van der Waals surface area (Å²) < 4.78 is 10.3. The molecule has 154 valence electrons. The average molecular weight is 391 g/mol. The number of nitrogens with zero attached hydrogens (tertiary/aromatic N) is 3. The summed E-state index contributed by atoms with van der Waals surface area (Å²) in [6.07, 6.45) is 4.27. The first kappa shape index (κ1) is 21.7. The highest BCUT2D eigenvalue weighted by Gasteiger charge is 2.27. The number of amides is 1. The highest BCUT2D eigenvalue weighted by atomic mass is 16.6. The van der Waals surface area contributed by atoms with Crippen LogP contribution in [0.2, 0.25) is 0 Å². The molecule has 1 amide bonds. The first-order valence-corrected chi connectivity index (χ1v) is 9.41. The third kappa shape index (κ3) is 6.23. The molecular formula is C20H29N3O5. The molecule has 0 radical (unpaired) electrons. The monoisotopic (exact) mass is 391 g/mol. The second-order valence-corrected chi connectivity index (χ2v) is 7.45. The van der Waals surface area contributed by atoms with Crippen molar-refractivity contribution >= 4 is 24.0 Å². The van der Waals surface area contributed by atoms with Crippen molar-refractivity contribution in [3.05, 3.63) is 29.5 Å². The number of rotatable bonds is 5. The number of aliphatic hydroxyl groups excluding tert-OH is 1. The van der Waals surface area contributed by atoms with E-state index in [2.05, 4.69) is 4.98 Å². The number of pyridine rings is 1. The van der Waals surface area contributed by atoms with Crippen molar-refractivity contribution in [1.82, 2.24) is 9.88 Å². The van der Waals surface area contributed by atoms with Gasteiger partial charge in [-0.05, 0) is 45.4 Å². The van der Waals surface area contributed by atoms with Gasteiger partial charge in [-0.2, -0.15) is 0 Å². The van der Waals surface area contributed by atoms with Crippen LogP contribution in [0.15, 0.2) is 18.3 Å². The van der Waals surface area contributed by atoms with Crippen LogP contribution in [-0.2, 0) is 20.9 Å². The molecule has 2 heterocycles. The highest BCUT2D eigenvalue weighted by Crippen LogP contribution is 2.22. The Morgan fingerprint density at radius 1 is 1.25 bits per heavy atom. The van der Waals surface area contributed by atoms with Gasteiger partial charge in [0.1, 0.15) is 11.4 Å². The van der Waals surface area contributed by atoms with E-state index in [0.717, 1.165) is 0 Å². The molecule has 0 bridgehead atoms. The number of hydrogen-bond acceptors (Lipinski definition) is 7. The van der Waals surface area contributed by atoms with Gasteiger partial charge in [0.05, 0.1) is 13.2 Å². The number of piperazine rings is 1. The lowest BCUT2D eigenvalue weighted by Gasteiger charge is -2.36. The maximum atomic E-state index is 12.2. The van der Waals surface area contributed by atoms with Gasteiger partial charge in [-0.3, -0.25) is 0 Å². The summed E-state index contributed by atoms with van der Waals surface area (Å²) in [7, 11) is 0. The van der Waals surface area contributed by atoms with Gasteiger partial charge >= 0.3 is 12.1 Å². The summed E-state index contributed by atoms with van der Waals surface area (Å²) in [5, 5.41) is 9.74. The second-order valence-electron chi connectivity index (χ2n) is 7.45. The number of aromatic nitrogens is 1. The van der Waals surface area contributed by atoms with Gasteiger partial charge in [-0.15, -0.1) is 0 Å². The van der Waals surface area contributed by atoms with Gasteiger partial charge in [0.25, 0.3) is 0 Å². The zero-order valence-corrected chi connectivity index (χ0v) is 17.0. The van der Waals surface area contributed by atoms with E-state index in [0.29, 0.717) is 49.7 Å². The van der Waals surface area contributed by atoms with E-state index < -0.39 is 11.6 Å². The van der Waals surface area contributed by atoms with Crippen molar-refractivity contribution in [2.24, 2.45) is 0 Å². The third-order valence-corrected chi connectivity index (χ3v) is 4.06. The van der Waals surface area contributed by atoms with E-state index in [1.165, 1.54) is 6.08 Å². The van der Waals surface area contributed by atoms with E-state index >= 15 is 0 Å². The fourth-order valence-corrected chi connectivity index (χ4v) is 2.80. The normalized spacial score (nSPS) is 15.0. The predicted octanol–water partition coefficient (Wildman–Crippen LogP) is 2.21. The lowest BCUT2D eigenvalue weighted by molar-refractivity contribution is -0.137. The average Bonchev–Trinajstić information content (AvgIpc) is 2.65. The molecular weight excluding hydrogens is 362 g/mol. The fraction of sp³-hybridized carbons (Fsp3) is 0.550. The molecule has 8 nitrogen and oxygen atoms in total. The van der Waals surface area contributed by atoms with Crippen molar-refractivity contribution in [2.75, 3.05) is 37.7 Å². The molecule has 0 unspecified atom stereocenters. The van der Waals surface area contributed by atoms with Crippen LogP contribution >= 0.6 is 0 Å². The summed E-state index contributed by atoms with van der Waals surface area (Å²) >= 11 is 0. The maximum absolute atomic E-state index is 12.2. The van der Waals surface area contributed by atoms with Crippen LogP contribution < -0.4 is 4.90 Å². The number of anilines is 1. The van der Waals surface area contributed by atoms with Crippen LogP contribution in [0.5, 0.6) is 0 Å². The van der Waals surface area contributed by atoms with Crippen molar-refractivity contribution in [3.8, 4) is 0 Å². The Labute approximate surface area is 165 Å². The molecule has 0 spiro atoms. The van der Waals surface area contributed by atoms with Crippen LogP contribution in [-0.4, -0.2) is 65.4 Å². The number of carbonyl (C=O) groups is 2. The van der Waals surface area contributed by atoms with Crippen LogP contribution in [0.1, 0.15) is 38.8 Å². The Balaban J connectivity index is 2.02. The number of ether oxygens (including phenoxy) is 2. The molecule has 8 heteroatoms. The Hall–Kier alpha value is -2.61. The minimum absolute atomic E-state index is 0.171. The molecule has 1 aliphatic heterocycles. The smallest absolute Gasteiger partial charge is 0.410 e. The molecule has 1 aromatic rings. The zero-order chi connectivity index (χ0) is 20.7. The molecule has 28 heavy (non-hydrogen) atoms. The lowest BCUT2D eigenvalue weighted by Crippen LogP contribution is -2.50. The Morgan fingerprint density at radius 3 is 2.50 bits per heavy atom. The molecule has 1 aliphatic rings. The molecule has 0 saturated carbocycles. The topological polar surface area (TPSA) is 92.2 Å². The van der Waals surface area contributed by atoms with Gasteiger partial charge in [-0.25, -0.2) is 14.6 Å². The van der Waals surface area contributed by atoms with Gasteiger partial charge < -0.3 is 24.4 Å². The van der Waals surface area contributed by atoms with Crippen molar-refractivity contribution in [3.63, 3.8) is 0 Å². The first-order valence-electron chi connectivity index (χ1n) is 9.41. The predicted molar refractivity (Wildman–Crippen MR) is 106 cm³/mol. The summed E-state index contributed by atoms with van der Waals surface area (Å²) in [6, 6.07) is 1.79. The number of esters is 1. The quantitative estimate of drug-likeness (QED) is 0.608. The molecule has 0 aliphatic carbocycles. The van der Waals surface area contributed by atoms with E-state index in [1.54, 1.807) is 30.2 Å². The molecule has 1 fully saturated rings. The summed E-state index contributed by atoms with van der Waals surface area (Å²) in [5.74, 6) is 0.259. The minimum Gasteiger partial charge on any atom is -0.463 e. The molecule has 0 aromatic carbocycles. The van der Waals surface area contributed by atoms with Crippen molar-refractivity contribution in [1.29, 1.82) is 0 Å². The van der Waals surface area contributed by atoms with Gasteiger partial charge in [-0.1, -0.05) is 0 Å². The maximum Gasteiger partial charge on any atom is 0.410 e. The van der Waals surface area contributed by atoms with Crippen LogP contribution in [0.3, 0.4) is 0 Å². The van der Waals surface area contributed by atoms with Gasteiger partial charge in [0, 0.05) is 44.0 Å². The largest absolute Gasteiger partial charge is 0.463 e. The molecule has 2 rings (SSSR count). The van der Waals surface area contributed by atoms with Crippen molar-refractivity contribution < 1.29 is 24.2 Å².